The summed E-state index contributed by atoms with van der Waals surface area (Å²) in [6.45, 7) is 0. The molecular weight excluding hydrogens is 653 g/mol. The number of nitrogens with zero attached hydrogens (tertiary/aromatic N) is 2. The molecule has 11 aromatic rings. The largest absolute Gasteiger partial charge is 0.454 e. The molecule has 11 rings (SSSR count). The lowest BCUT2D eigenvalue weighted by Gasteiger charge is -2.27. The number of hydrogen-bond donors (Lipinski definition) is 0. The minimum atomic E-state index is 0.876. The van der Waals surface area contributed by atoms with Gasteiger partial charge in [-0.05, 0) is 66.2 Å². The molecule has 4 heteroatoms. The van der Waals surface area contributed by atoms with E-state index in [1.807, 2.05) is 17.4 Å². The van der Waals surface area contributed by atoms with Gasteiger partial charge in [-0.2, -0.15) is 0 Å². The first-order valence-corrected chi connectivity index (χ1v) is 18.4. The molecule has 0 spiro atoms. The lowest BCUT2D eigenvalue weighted by molar-refractivity contribution is 0.669. The summed E-state index contributed by atoms with van der Waals surface area (Å²) >= 11 is 1.84. The summed E-state index contributed by atoms with van der Waals surface area (Å²) in [5.74, 6) is 0. The smallest absolute Gasteiger partial charge is 0.159 e. The summed E-state index contributed by atoms with van der Waals surface area (Å²) in [5, 5.41) is 7.24. The monoisotopic (exact) mass is 682 g/mol. The van der Waals surface area contributed by atoms with Crippen LogP contribution < -0.4 is 4.90 Å². The first kappa shape index (κ1) is 29.1. The second kappa shape index (κ2) is 11.5. The fourth-order valence-electron chi connectivity index (χ4n) is 8.15. The van der Waals surface area contributed by atoms with Gasteiger partial charge in [0.1, 0.15) is 5.58 Å². The van der Waals surface area contributed by atoms with E-state index < -0.39 is 0 Å². The van der Waals surface area contributed by atoms with E-state index in [1.165, 1.54) is 47.5 Å². The van der Waals surface area contributed by atoms with Crippen LogP contribution in [0.5, 0.6) is 0 Å². The number of furan rings is 1. The maximum absolute atomic E-state index is 6.67. The maximum atomic E-state index is 6.67. The van der Waals surface area contributed by atoms with Crippen molar-refractivity contribution >= 4 is 92.3 Å². The van der Waals surface area contributed by atoms with Crippen molar-refractivity contribution in [1.29, 1.82) is 0 Å². The molecule has 8 aromatic carbocycles. The molecule has 0 aliphatic carbocycles. The molecule has 3 nitrogen and oxygen atoms in total. The predicted molar refractivity (Wildman–Crippen MR) is 221 cm³/mol. The quantitative estimate of drug-likeness (QED) is 0.180. The summed E-state index contributed by atoms with van der Waals surface area (Å²) < 4.78 is 11.6. The van der Waals surface area contributed by atoms with E-state index >= 15 is 0 Å². The van der Waals surface area contributed by atoms with Gasteiger partial charge in [0.2, 0.25) is 0 Å². The Morgan fingerprint density at radius 3 is 2.00 bits per heavy atom. The summed E-state index contributed by atoms with van der Waals surface area (Å²) in [6, 6.07) is 65.4. The molecule has 0 saturated heterocycles. The van der Waals surface area contributed by atoms with Crippen LogP contribution in [-0.4, -0.2) is 4.57 Å². The molecule has 0 aliphatic rings. The Kier molecular flexibility index (Phi) is 6.42. The van der Waals surface area contributed by atoms with Crippen LogP contribution in [0.1, 0.15) is 0 Å². The average Bonchev–Trinajstić information content (AvgIpc) is 3.89. The average molecular weight is 683 g/mol. The third-order valence-electron chi connectivity index (χ3n) is 10.4. The van der Waals surface area contributed by atoms with Gasteiger partial charge in [-0.15, -0.1) is 11.3 Å². The van der Waals surface area contributed by atoms with Crippen molar-refractivity contribution in [3.05, 3.63) is 182 Å². The van der Waals surface area contributed by atoms with Crippen LogP contribution in [0.2, 0.25) is 0 Å². The van der Waals surface area contributed by atoms with Gasteiger partial charge in [-0.1, -0.05) is 121 Å². The number of anilines is 3. The maximum Gasteiger partial charge on any atom is 0.159 e. The zero-order chi connectivity index (χ0) is 34.2. The molecule has 0 amide bonds. The normalized spacial score (nSPS) is 11.8. The number of aromatic nitrogens is 1. The minimum absolute atomic E-state index is 0.876. The third kappa shape index (κ3) is 4.31. The summed E-state index contributed by atoms with van der Waals surface area (Å²) in [6.07, 6.45) is 0. The molecule has 0 aliphatic heterocycles. The van der Waals surface area contributed by atoms with Gasteiger partial charge in [-0.25, -0.2) is 0 Å². The molecule has 0 saturated carbocycles. The van der Waals surface area contributed by atoms with E-state index in [0.717, 1.165) is 50.3 Å². The lowest BCUT2D eigenvalue weighted by atomic mass is 10.0. The van der Waals surface area contributed by atoms with E-state index in [0.29, 0.717) is 0 Å². The molecule has 3 heterocycles. The van der Waals surface area contributed by atoms with Crippen molar-refractivity contribution in [3.63, 3.8) is 0 Å². The summed E-state index contributed by atoms with van der Waals surface area (Å²) in [7, 11) is 0. The molecule has 0 unspecified atom stereocenters. The first-order chi connectivity index (χ1) is 25.8. The van der Waals surface area contributed by atoms with Gasteiger partial charge in [0.05, 0.1) is 22.4 Å². The molecule has 0 N–H and O–H groups in total. The van der Waals surface area contributed by atoms with Gasteiger partial charge < -0.3 is 13.9 Å². The van der Waals surface area contributed by atoms with Gasteiger partial charge >= 0.3 is 0 Å². The van der Waals surface area contributed by atoms with Crippen LogP contribution in [0.3, 0.4) is 0 Å². The number of para-hydroxylation sites is 5. The Labute approximate surface area is 303 Å². The lowest BCUT2D eigenvalue weighted by Crippen LogP contribution is -2.10. The highest BCUT2D eigenvalue weighted by atomic mass is 32.1. The molecule has 244 valence electrons. The van der Waals surface area contributed by atoms with Gasteiger partial charge in [0.25, 0.3) is 0 Å². The summed E-state index contributed by atoms with van der Waals surface area (Å²) in [5.41, 5.74) is 10.9. The number of hydrogen-bond acceptors (Lipinski definition) is 3. The number of rotatable bonds is 5. The van der Waals surface area contributed by atoms with E-state index in [1.54, 1.807) is 0 Å². The molecule has 52 heavy (non-hydrogen) atoms. The zero-order valence-corrected chi connectivity index (χ0v) is 28.8. The van der Waals surface area contributed by atoms with Gasteiger partial charge in [0.15, 0.2) is 5.58 Å². The fraction of sp³-hybridized carbons (Fsp3) is 0. The Morgan fingerprint density at radius 2 is 1.12 bits per heavy atom. The van der Waals surface area contributed by atoms with Crippen LogP contribution in [0.25, 0.3) is 80.7 Å². The molecule has 0 fully saturated rings. The van der Waals surface area contributed by atoms with Crippen LogP contribution in [0.15, 0.2) is 186 Å². The van der Waals surface area contributed by atoms with E-state index in [-0.39, 0.29) is 0 Å². The van der Waals surface area contributed by atoms with Crippen molar-refractivity contribution in [2.45, 2.75) is 0 Å². The van der Waals surface area contributed by atoms with E-state index in [4.69, 9.17) is 4.42 Å². The molecular formula is C48H30N2OS. The van der Waals surface area contributed by atoms with Crippen LogP contribution in [0.4, 0.5) is 17.1 Å². The van der Waals surface area contributed by atoms with Gasteiger partial charge in [0, 0.05) is 58.7 Å². The van der Waals surface area contributed by atoms with Crippen molar-refractivity contribution in [1.82, 2.24) is 4.57 Å². The molecule has 0 bridgehead atoms. The Bertz CT molecular complexity index is 3130. The number of fused-ring (bicyclic) bond motifs is 9. The minimum Gasteiger partial charge on any atom is -0.454 e. The van der Waals surface area contributed by atoms with Crippen LogP contribution in [-0.2, 0) is 0 Å². The van der Waals surface area contributed by atoms with E-state index in [9.17, 15) is 0 Å². The number of thiophene rings is 1. The van der Waals surface area contributed by atoms with Crippen molar-refractivity contribution in [2.75, 3.05) is 4.90 Å². The first-order valence-electron chi connectivity index (χ1n) is 17.6. The van der Waals surface area contributed by atoms with Crippen LogP contribution >= 0.6 is 11.3 Å². The van der Waals surface area contributed by atoms with Crippen LogP contribution in [0, 0.1) is 0 Å². The van der Waals surface area contributed by atoms with Crippen molar-refractivity contribution in [3.8, 4) is 16.8 Å². The van der Waals surface area contributed by atoms with E-state index in [2.05, 4.69) is 185 Å². The second-order valence-corrected chi connectivity index (χ2v) is 14.4. The molecule has 3 aromatic heterocycles. The zero-order valence-electron chi connectivity index (χ0n) is 28.0. The van der Waals surface area contributed by atoms with Crippen molar-refractivity contribution in [2.24, 2.45) is 0 Å². The Balaban J connectivity index is 1.15. The molecule has 0 atom stereocenters. The highest BCUT2D eigenvalue weighted by Crippen LogP contribution is 2.48. The second-order valence-electron chi connectivity index (χ2n) is 13.3. The highest BCUT2D eigenvalue weighted by Gasteiger charge is 2.23. The van der Waals surface area contributed by atoms with Gasteiger partial charge in [-0.3, -0.25) is 0 Å². The Morgan fingerprint density at radius 1 is 0.462 bits per heavy atom. The highest BCUT2D eigenvalue weighted by molar-refractivity contribution is 7.26. The number of benzene rings is 8. The fourth-order valence-corrected chi connectivity index (χ4v) is 9.27. The third-order valence-corrected chi connectivity index (χ3v) is 11.5. The Hall–Kier alpha value is -6.62. The van der Waals surface area contributed by atoms with Crippen molar-refractivity contribution < 1.29 is 4.42 Å². The molecule has 0 radical (unpaired) electrons. The standard InChI is InChI=1S/C48H30N2OS/c1-2-13-32(14-3-1)50-40-21-7-4-15-35(40)37-19-10-18-34(47(37)50)31-27-29-33(30-28-31)49(41-22-12-26-45-46(41)39-17-6-9-25-44(39)52-45)42-23-11-20-38-36-16-5-8-24-43(36)51-48(38)42/h1-30H. The topological polar surface area (TPSA) is 21.3 Å². The predicted octanol–water partition coefficient (Wildman–Crippen LogP) is 14.2. The SMILES string of the molecule is c1ccc(-n2c3ccccc3c3cccc(-c4ccc(N(c5cccc6c5oc5ccccc56)c5cccc6sc7ccccc7c56)cc4)c32)cc1. The summed E-state index contributed by atoms with van der Waals surface area (Å²) in [4.78, 5) is 2.39.